The summed E-state index contributed by atoms with van der Waals surface area (Å²) in [6.07, 6.45) is 7.50. The van der Waals surface area contributed by atoms with Crippen molar-refractivity contribution in [3.05, 3.63) is 104 Å². The molecule has 5 nitrogen and oxygen atoms in total. The van der Waals surface area contributed by atoms with E-state index < -0.39 is 0 Å². The number of para-hydroxylation sites is 2. The predicted molar refractivity (Wildman–Crippen MR) is 138 cm³/mol. The predicted octanol–water partition coefficient (Wildman–Crippen LogP) is 6.68. The quantitative estimate of drug-likeness (QED) is 0.270. The lowest BCUT2D eigenvalue weighted by atomic mass is 10.0. The first-order valence-corrected chi connectivity index (χ1v) is 11.3. The zero-order valence-electron chi connectivity index (χ0n) is 18.1. The number of hydrogen-bond acceptors (Lipinski definition) is 3. The molecule has 0 fully saturated rings. The Morgan fingerprint density at radius 1 is 0.529 bits per heavy atom. The van der Waals surface area contributed by atoms with Gasteiger partial charge in [0, 0.05) is 45.8 Å². The average molecular weight is 435 g/mol. The van der Waals surface area contributed by atoms with Crippen LogP contribution >= 0.6 is 0 Å². The summed E-state index contributed by atoms with van der Waals surface area (Å²) >= 11 is 0. The van der Waals surface area contributed by atoms with E-state index in [1.165, 1.54) is 16.3 Å². The highest BCUT2D eigenvalue weighted by Gasteiger charge is 2.20. The number of hydrogen-bond donors (Lipinski definition) is 0. The molecule has 0 unspecified atom stereocenters. The highest BCUT2D eigenvalue weighted by Crippen LogP contribution is 2.41. The van der Waals surface area contributed by atoms with E-state index in [-0.39, 0.29) is 0 Å². The molecule has 5 aromatic heterocycles. The second-order valence-electron chi connectivity index (χ2n) is 8.60. The molecule has 0 aliphatic carbocycles. The van der Waals surface area contributed by atoms with Gasteiger partial charge in [0.05, 0.1) is 33.8 Å². The summed E-state index contributed by atoms with van der Waals surface area (Å²) in [5.41, 5.74) is 7.44. The molecule has 158 valence electrons. The van der Waals surface area contributed by atoms with Crippen LogP contribution in [0.15, 0.2) is 104 Å². The lowest BCUT2D eigenvalue weighted by molar-refractivity contribution is 1.18. The van der Waals surface area contributed by atoms with Crippen molar-refractivity contribution in [3.63, 3.8) is 0 Å². The molecular formula is C29H17N5. The van der Waals surface area contributed by atoms with E-state index in [1.54, 1.807) is 6.20 Å². The van der Waals surface area contributed by atoms with Crippen LogP contribution in [-0.2, 0) is 0 Å². The molecule has 0 aliphatic heterocycles. The number of pyridine rings is 3. The standard InChI is InChI=1S/C29H17N5/c1-2-6-18(7-3-1)33-23-9-5-4-8-20(23)27-25(33)11-10-19-21-16-30-15-13-24(21)34-26-17-31-14-12-22(26)32-29(34)28(19)27/h1-17H. The maximum Gasteiger partial charge on any atom is 0.147 e. The molecule has 5 heteroatoms. The summed E-state index contributed by atoms with van der Waals surface area (Å²) in [6, 6.07) is 27.7. The Hall–Kier alpha value is -4.77. The van der Waals surface area contributed by atoms with Crippen molar-refractivity contribution in [2.45, 2.75) is 0 Å². The minimum Gasteiger partial charge on any atom is -0.309 e. The van der Waals surface area contributed by atoms with Gasteiger partial charge in [-0.1, -0.05) is 42.5 Å². The van der Waals surface area contributed by atoms with Crippen LogP contribution in [0, 0.1) is 0 Å². The fourth-order valence-electron chi connectivity index (χ4n) is 5.50. The molecule has 0 spiro atoms. The van der Waals surface area contributed by atoms with Gasteiger partial charge in [0.2, 0.25) is 0 Å². The van der Waals surface area contributed by atoms with Crippen LogP contribution in [0.25, 0.3) is 65.8 Å². The van der Waals surface area contributed by atoms with Gasteiger partial charge in [0.15, 0.2) is 0 Å². The Kier molecular flexibility index (Phi) is 3.34. The third kappa shape index (κ3) is 2.16. The SMILES string of the molecule is c1ccc(-n2c3ccccc3c3c4c(ccc32)c2cnccc2n2c3cnccc3nc42)cc1. The Balaban J connectivity index is 1.73. The summed E-state index contributed by atoms with van der Waals surface area (Å²) in [5.74, 6) is 0. The fraction of sp³-hybridized carbons (Fsp3) is 0. The molecule has 34 heavy (non-hydrogen) atoms. The van der Waals surface area contributed by atoms with E-state index >= 15 is 0 Å². The maximum absolute atomic E-state index is 5.13. The average Bonchev–Trinajstić information content (AvgIpc) is 3.45. The van der Waals surface area contributed by atoms with Gasteiger partial charge in [-0.2, -0.15) is 0 Å². The Labute approximate surface area is 193 Å². The number of nitrogens with zero attached hydrogens (tertiary/aromatic N) is 5. The summed E-state index contributed by atoms with van der Waals surface area (Å²) in [7, 11) is 0. The molecule has 0 atom stereocenters. The molecular weight excluding hydrogens is 418 g/mol. The van der Waals surface area contributed by atoms with E-state index in [4.69, 9.17) is 4.98 Å². The first-order valence-electron chi connectivity index (χ1n) is 11.3. The second-order valence-corrected chi connectivity index (χ2v) is 8.60. The number of benzene rings is 3. The molecule has 8 aromatic rings. The van der Waals surface area contributed by atoms with Crippen LogP contribution in [0.2, 0.25) is 0 Å². The van der Waals surface area contributed by atoms with Crippen LogP contribution < -0.4 is 0 Å². The number of aromatic nitrogens is 5. The number of fused-ring (bicyclic) bond motifs is 12. The van der Waals surface area contributed by atoms with Gasteiger partial charge in [-0.25, -0.2) is 4.98 Å². The van der Waals surface area contributed by atoms with E-state index in [0.29, 0.717) is 0 Å². The van der Waals surface area contributed by atoms with Crippen LogP contribution in [0.3, 0.4) is 0 Å². The number of imidazole rings is 1. The third-order valence-corrected chi connectivity index (χ3v) is 6.86. The van der Waals surface area contributed by atoms with Crippen molar-refractivity contribution < 1.29 is 0 Å². The van der Waals surface area contributed by atoms with Crippen molar-refractivity contribution in [2.75, 3.05) is 0 Å². The molecule has 0 saturated carbocycles. The second kappa shape index (κ2) is 6.39. The molecule has 8 rings (SSSR count). The first kappa shape index (κ1) is 17.7. The Bertz CT molecular complexity index is 2070. The molecule has 0 bridgehead atoms. The van der Waals surface area contributed by atoms with Crippen molar-refractivity contribution in [1.82, 2.24) is 23.9 Å². The van der Waals surface area contributed by atoms with Gasteiger partial charge in [-0.05, 0) is 41.8 Å². The summed E-state index contributed by atoms with van der Waals surface area (Å²) < 4.78 is 4.58. The highest BCUT2D eigenvalue weighted by molar-refractivity contribution is 6.29. The van der Waals surface area contributed by atoms with Crippen LogP contribution in [0.5, 0.6) is 0 Å². The third-order valence-electron chi connectivity index (χ3n) is 6.86. The number of rotatable bonds is 1. The zero-order chi connectivity index (χ0) is 22.2. The van der Waals surface area contributed by atoms with E-state index in [2.05, 4.69) is 91.7 Å². The van der Waals surface area contributed by atoms with Crippen molar-refractivity contribution in [3.8, 4) is 5.69 Å². The highest BCUT2D eigenvalue weighted by atomic mass is 15.0. The van der Waals surface area contributed by atoms with Crippen molar-refractivity contribution in [2.24, 2.45) is 0 Å². The fourth-order valence-corrected chi connectivity index (χ4v) is 5.50. The summed E-state index contributed by atoms with van der Waals surface area (Å²) in [5, 5.41) is 5.81. The Morgan fingerprint density at radius 2 is 1.35 bits per heavy atom. The molecule has 0 amide bonds. The van der Waals surface area contributed by atoms with Gasteiger partial charge in [-0.15, -0.1) is 0 Å². The van der Waals surface area contributed by atoms with E-state index in [0.717, 1.165) is 49.6 Å². The van der Waals surface area contributed by atoms with Gasteiger partial charge >= 0.3 is 0 Å². The topological polar surface area (TPSA) is 48.0 Å². The minimum absolute atomic E-state index is 0.935. The molecule has 0 N–H and O–H groups in total. The van der Waals surface area contributed by atoms with Gasteiger partial charge in [0.25, 0.3) is 0 Å². The van der Waals surface area contributed by atoms with Crippen molar-refractivity contribution >= 4 is 60.2 Å². The minimum atomic E-state index is 0.935. The first-order chi connectivity index (χ1) is 16.9. The smallest absolute Gasteiger partial charge is 0.147 e. The van der Waals surface area contributed by atoms with Gasteiger partial charge < -0.3 is 4.57 Å². The maximum atomic E-state index is 5.13. The largest absolute Gasteiger partial charge is 0.309 e. The van der Waals surface area contributed by atoms with Gasteiger partial charge in [-0.3, -0.25) is 14.4 Å². The zero-order valence-corrected chi connectivity index (χ0v) is 18.1. The van der Waals surface area contributed by atoms with Crippen molar-refractivity contribution in [1.29, 1.82) is 0 Å². The Morgan fingerprint density at radius 3 is 2.29 bits per heavy atom. The lowest BCUT2D eigenvalue weighted by Crippen LogP contribution is -1.95. The van der Waals surface area contributed by atoms with E-state index in [9.17, 15) is 0 Å². The summed E-state index contributed by atoms with van der Waals surface area (Å²) in [4.78, 5) is 14.0. The van der Waals surface area contributed by atoms with Crippen LogP contribution in [0.1, 0.15) is 0 Å². The van der Waals surface area contributed by atoms with Crippen LogP contribution in [0.4, 0.5) is 0 Å². The van der Waals surface area contributed by atoms with Crippen LogP contribution in [-0.4, -0.2) is 23.9 Å². The normalized spacial score (nSPS) is 12.1. The molecule has 0 radical (unpaired) electrons. The monoisotopic (exact) mass is 435 g/mol. The lowest BCUT2D eigenvalue weighted by Gasteiger charge is -2.11. The molecule has 0 aliphatic rings. The molecule has 5 heterocycles. The summed E-state index contributed by atoms with van der Waals surface area (Å²) in [6.45, 7) is 0. The molecule has 0 saturated heterocycles. The van der Waals surface area contributed by atoms with E-state index in [1.807, 2.05) is 24.7 Å². The molecule has 3 aromatic carbocycles. The van der Waals surface area contributed by atoms with Gasteiger partial charge in [0.1, 0.15) is 5.65 Å².